The van der Waals surface area contributed by atoms with E-state index in [9.17, 15) is 23.6 Å². The van der Waals surface area contributed by atoms with Crippen molar-refractivity contribution in [3.8, 4) is 24.3 Å². The first-order chi connectivity index (χ1) is 53.6. The van der Waals surface area contributed by atoms with E-state index in [1.165, 1.54) is 30.0 Å². The van der Waals surface area contributed by atoms with Crippen LogP contribution in [0.3, 0.4) is 0 Å². The first-order valence-corrected chi connectivity index (χ1v) is 39.7. The fourth-order valence-corrected chi connectivity index (χ4v) is 15.3. The Morgan fingerprint density at radius 3 is 1.38 bits per heavy atom. The number of nitriles is 4. The molecule has 6 atom stereocenters. The summed E-state index contributed by atoms with van der Waals surface area (Å²) in [4.78, 5) is 85.9. The molecule has 8 aliphatic heterocycles. The maximum atomic E-state index is 12.5. The molecule has 622 valence electrons. The van der Waals surface area contributed by atoms with Gasteiger partial charge in [0.25, 0.3) is 6.47 Å². The molecule has 4 aromatic carbocycles. The van der Waals surface area contributed by atoms with Gasteiger partial charge < -0.3 is 81.7 Å². The molecule has 10 heterocycles. The average molecular weight is 1720 g/mol. The van der Waals surface area contributed by atoms with Crippen LogP contribution in [0.2, 0.25) is 0 Å². The van der Waals surface area contributed by atoms with Crippen LogP contribution in [0.4, 0.5) is 54.1 Å². The summed E-state index contributed by atoms with van der Waals surface area (Å²) in [5, 5.41) is 64.9. The van der Waals surface area contributed by atoms with Gasteiger partial charge in [-0.25, -0.2) is 23.9 Å². The molecule has 14 rings (SSSR count). The zero-order chi connectivity index (χ0) is 81.1. The molecule has 6 aromatic rings. The predicted molar refractivity (Wildman–Crippen MR) is 454 cm³/mol. The van der Waals surface area contributed by atoms with E-state index < -0.39 is 11.2 Å². The van der Waals surface area contributed by atoms with E-state index in [4.69, 9.17) is 50.7 Å². The Morgan fingerprint density at radius 1 is 0.590 bits per heavy atom. The van der Waals surface area contributed by atoms with E-state index in [0.29, 0.717) is 46.6 Å². The molecule has 5 N–H and O–H groups in total. The smallest absolute Gasteiger partial charge is 1.00 e. The van der Waals surface area contributed by atoms with Crippen molar-refractivity contribution < 1.29 is 157 Å². The summed E-state index contributed by atoms with van der Waals surface area (Å²) >= 11 is 3.63. The zero-order valence-corrected chi connectivity index (χ0v) is 76.4. The van der Waals surface area contributed by atoms with Crippen molar-refractivity contribution in [3.63, 3.8) is 0 Å². The maximum absolute atomic E-state index is 12.5. The second-order valence-electron chi connectivity index (χ2n) is 29.7. The molecule has 0 spiro atoms. The third-order valence-corrected chi connectivity index (χ3v) is 21.0. The van der Waals surface area contributed by atoms with Crippen molar-refractivity contribution in [3.05, 3.63) is 161 Å². The van der Waals surface area contributed by atoms with Crippen molar-refractivity contribution in [2.45, 2.75) is 145 Å². The van der Waals surface area contributed by atoms with E-state index >= 15 is 0 Å². The van der Waals surface area contributed by atoms with Gasteiger partial charge in [0.15, 0.2) is 11.6 Å². The molecule has 34 heteroatoms. The first-order valence-electron chi connectivity index (χ1n) is 37.4. The van der Waals surface area contributed by atoms with E-state index in [-0.39, 0.29) is 199 Å². The van der Waals surface area contributed by atoms with Crippen LogP contribution in [0.1, 0.15) is 119 Å². The Bertz CT molecular complexity index is 4300. The number of hydrogen-bond donors (Lipinski definition) is 5. The number of aromatic nitrogens is 2. The number of carbonyl (C=O) groups is 5. The average Bonchev–Trinajstić information content (AvgIpc) is 0.778. The molecule has 117 heavy (non-hydrogen) atoms. The van der Waals surface area contributed by atoms with E-state index in [1.54, 1.807) is 33.8 Å². The summed E-state index contributed by atoms with van der Waals surface area (Å²) in [5.74, 6) is 5.24. The number of halogens is 2. The van der Waals surface area contributed by atoms with Gasteiger partial charge in [0.05, 0.1) is 64.5 Å². The number of hydrogen-bond acceptors (Lipinski definition) is 26. The monoisotopic (exact) mass is 1720 g/mol. The topological polar surface area (TPSA) is 351 Å². The van der Waals surface area contributed by atoms with E-state index in [1.807, 2.05) is 152 Å². The van der Waals surface area contributed by atoms with Gasteiger partial charge in [0.1, 0.15) is 29.1 Å². The van der Waals surface area contributed by atoms with Crippen LogP contribution < -0.4 is 154 Å². The van der Waals surface area contributed by atoms with Crippen molar-refractivity contribution in [2.75, 3.05) is 150 Å². The number of ether oxygens (including phenoxy) is 2. The fourth-order valence-electron chi connectivity index (χ4n) is 13.2. The molecule has 0 unspecified atom stereocenters. The van der Waals surface area contributed by atoms with Crippen LogP contribution in [0, 0.1) is 51.1 Å². The van der Waals surface area contributed by atoms with Gasteiger partial charge in [0, 0.05) is 175 Å². The summed E-state index contributed by atoms with van der Waals surface area (Å²) in [5.41, 5.74) is 8.54. The summed E-state index contributed by atoms with van der Waals surface area (Å²) < 4.78 is 22.9. The summed E-state index contributed by atoms with van der Waals surface area (Å²) in [6.07, 6.45) is 3.18. The minimum absolute atomic E-state index is 0. The Labute approximate surface area is 790 Å². The molecular formula is C83H112ClFK2N18O10S2. The molecule has 2 aromatic heterocycles. The third kappa shape index (κ3) is 32.2. The van der Waals surface area contributed by atoms with Gasteiger partial charge in [-0.1, -0.05) is 14.9 Å². The van der Waals surface area contributed by atoms with Crippen LogP contribution in [0.5, 0.6) is 0 Å². The van der Waals surface area contributed by atoms with E-state index in [0.717, 1.165) is 154 Å². The molecule has 6 fully saturated rings. The number of aliphatic hydroxyl groups excluding tert-OH is 1. The van der Waals surface area contributed by atoms with Gasteiger partial charge in [-0.3, -0.25) is 19.3 Å². The van der Waals surface area contributed by atoms with Crippen molar-refractivity contribution >= 4 is 106 Å². The number of pyridine rings is 2. The van der Waals surface area contributed by atoms with Gasteiger partial charge in [-0.2, -0.15) is 44.6 Å². The second kappa shape index (κ2) is 51.6. The predicted octanol–water partition coefficient (Wildman–Crippen LogP) is 4.51. The Balaban J connectivity index is 0.000000487. The van der Waals surface area contributed by atoms with Gasteiger partial charge in [-0.15, -0.1) is 12.4 Å². The van der Waals surface area contributed by atoms with Gasteiger partial charge in [0.2, 0.25) is 11.8 Å². The van der Waals surface area contributed by atoms with Crippen LogP contribution in [0.25, 0.3) is 0 Å². The number of piperazine rings is 4. The Kier molecular flexibility index (Phi) is 46.0. The van der Waals surface area contributed by atoms with Crippen LogP contribution in [0.15, 0.2) is 122 Å². The number of benzene rings is 4. The quantitative estimate of drug-likeness (QED) is 0.0635. The molecule has 0 aliphatic carbocycles. The number of carbonyl (C=O) groups excluding carboxylic acids is 5. The number of rotatable bonds is 7. The van der Waals surface area contributed by atoms with Crippen LogP contribution in [-0.2, 0) is 41.9 Å². The van der Waals surface area contributed by atoms with Crippen molar-refractivity contribution in [2.24, 2.45) is 0 Å². The van der Waals surface area contributed by atoms with Gasteiger partial charge >= 0.3 is 115 Å². The second-order valence-corrected chi connectivity index (χ2v) is 32.0. The number of thioether (sulfide) groups is 2. The van der Waals surface area contributed by atoms with E-state index in [2.05, 4.69) is 98.7 Å². The van der Waals surface area contributed by atoms with Crippen LogP contribution >= 0.6 is 35.9 Å². The van der Waals surface area contributed by atoms with Crippen LogP contribution in [-0.4, -0.2) is 222 Å². The minimum atomic E-state index is -0.471. The number of fused-ring (bicyclic) bond motifs is 6. The number of aliphatic hydroxyl groups is 1. The maximum Gasteiger partial charge on any atom is 1.00 e. The summed E-state index contributed by atoms with van der Waals surface area (Å²) in [6, 6.07) is 41.8. The number of nitrogens with zero attached hydrogens (tertiary/aromatic N) is 14. The molecule has 0 radical (unpaired) electrons. The minimum Gasteiger partial charge on any atom is -1.00 e. The number of amides is 4. The molecule has 4 amide bonds. The Morgan fingerprint density at radius 2 is 0.991 bits per heavy atom. The molecule has 28 nitrogen and oxygen atoms in total. The molecular weight excluding hydrogens is 1610 g/mol. The number of nitrogens with one attached hydrogen (secondary N) is 4. The molecule has 0 saturated carbocycles. The fraction of sp³-hybridized carbons (Fsp3) is 0.482. The first kappa shape index (κ1) is 104. The standard InChI is InChI=1S/C23H26N6OS.C17H23N3O2.C12H15N3.C11H13N3O2S.C10H20N2O2.C7H4FN.CH2O3.2CH4.ClH.2K.H/c1-16-13-28(19-4-2-17(11-24)3-5-19)7-6-27(16)14-18-10-20-22(25-12-18)29-8-9-31-15-21(29)23(30)26-20;1-13-12-19(15-7-5-14(11-18)6-8-15)9-10-20(13)16(21)22-17(2,3)4;1-10-9-15(7-6-14-10)12-4-2-11(8-13)3-5-12;15-5-7-3-8-10(12-4-7)14-1-2-17-6-9(14)11(16)13-8;1-8-7-11-5-6-12(8)9(13)14-10(2,3)4;8-7-3-1-6(5-9)2-4-7;2-1-4-3;;;;;;/h2-5,10,12,16,21H,6-9,13-15H2,1H3,(H,26,30);5-8,13H,9-10,12H2,1-4H3;2-5,10,14H,6-7,9H2,1H3;3-4,9,15H,1-2,5-6H2,(H,13,16);8,11H,5-7H2,1-4H3;1-4H;1,3H;2*1H4;1H;;;/q;;;;;;;;;;2*+1;-1/p-1/t16-,21-;13-;10-;9-;8-;;;;;;;;/m00000......../s1. The Hall–Kier alpha value is -6.92. The largest absolute Gasteiger partial charge is 1.00 e. The number of anilines is 7. The SMILES string of the molecule is C.C.C[C@H]1CN(c2ccc(C#N)cc2)CCN1.C[C@H]1CN(c2ccc(C#N)cc2)CCN1C(=O)OC(C)(C)C.C[C@H]1CN(c2ccc(C#N)cc2)CCN1Cc1cnc2c(c1)NC(=O)[C@@H]1CSCCN21.C[C@H]1CNCCN1C(=O)OC(C)(C)C.Cl.N#Cc1ccc(F)cc1.O=C1Nc2cc(CO)cnc2N2CCSC[C@@H]12.O=CO[O-].[H-].[K+].[K+]. The molecule has 8 aliphatic rings. The normalized spacial score (nSPS) is 19.4. The molecule has 6 saturated heterocycles. The zero-order valence-electron chi connectivity index (χ0n) is 68.7. The summed E-state index contributed by atoms with van der Waals surface area (Å²) in [7, 11) is 0. The van der Waals surface area contributed by atoms with Gasteiger partial charge in [-0.05, 0) is 190 Å². The molecule has 0 bridgehead atoms. The third-order valence-electron chi connectivity index (χ3n) is 19.0. The van der Waals surface area contributed by atoms with Crippen molar-refractivity contribution in [1.29, 1.82) is 21.0 Å². The summed E-state index contributed by atoms with van der Waals surface area (Å²) in [6.45, 7) is 32.6. The van der Waals surface area contributed by atoms with Crippen molar-refractivity contribution in [1.82, 2.24) is 35.3 Å².